The Bertz CT molecular complexity index is 489. The SMILES string of the molecule is CC(=O)CC/C=C/c1ccc2c(c1)CC(=O)N2. The Morgan fingerprint density at radius 3 is 3.06 bits per heavy atom. The predicted octanol–water partition coefficient (Wildman–Crippen LogP) is 2.56. The molecule has 0 aliphatic carbocycles. The number of allylic oxidation sites excluding steroid dienone is 1. The molecule has 1 aromatic carbocycles. The smallest absolute Gasteiger partial charge is 0.228 e. The van der Waals surface area contributed by atoms with Gasteiger partial charge in [-0.1, -0.05) is 18.2 Å². The molecular formula is C14H15NO2. The van der Waals surface area contributed by atoms with Gasteiger partial charge in [0.05, 0.1) is 6.42 Å². The molecule has 1 N–H and O–H groups in total. The molecule has 1 aliphatic rings. The number of fused-ring (bicyclic) bond motifs is 1. The zero-order valence-corrected chi connectivity index (χ0v) is 9.82. The number of amides is 1. The summed E-state index contributed by atoms with van der Waals surface area (Å²) in [6.45, 7) is 1.60. The zero-order chi connectivity index (χ0) is 12.3. The second kappa shape index (κ2) is 4.95. The average Bonchev–Trinajstić information content (AvgIpc) is 2.63. The van der Waals surface area contributed by atoms with Crippen molar-refractivity contribution in [3.63, 3.8) is 0 Å². The standard InChI is InChI=1S/C14H15NO2/c1-10(16)4-2-3-5-11-6-7-13-12(8-11)9-14(17)15-13/h3,5-8H,2,4,9H2,1H3,(H,15,17)/b5-3+. The number of hydrogen-bond acceptors (Lipinski definition) is 2. The fourth-order valence-corrected chi connectivity index (χ4v) is 1.86. The van der Waals surface area contributed by atoms with Crippen molar-refractivity contribution in [2.45, 2.75) is 26.2 Å². The van der Waals surface area contributed by atoms with Gasteiger partial charge in [0.15, 0.2) is 0 Å². The van der Waals surface area contributed by atoms with Gasteiger partial charge in [-0.3, -0.25) is 4.79 Å². The molecule has 0 unspecified atom stereocenters. The first-order chi connectivity index (χ1) is 8.15. The number of ketones is 1. The van der Waals surface area contributed by atoms with Gasteiger partial charge in [-0.2, -0.15) is 0 Å². The van der Waals surface area contributed by atoms with Gasteiger partial charge in [-0.05, 0) is 36.6 Å². The number of hydrogen-bond donors (Lipinski definition) is 1. The van der Waals surface area contributed by atoms with Gasteiger partial charge in [0.2, 0.25) is 5.91 Å². The minimum Gasteiger partial charge on any atom is -0.326 e. The van der Waals surface area contributed by atoms with Crippen molar-refractivity contribution in [2.24, 2.45) is 0 Å². The molecule has 3 nitrogen and oxygen atoms in total. The van der Waals surface area contributed by atoms with Gasteiger partial charge >= 0.3 is 0 Å². The molecule has 1 aromatic rings. The molecule has 0 saturated carbocycles. The summed E-state index contributed by atoms with van der Waals surface area (Å²) >= 11 is 0. The zero-order valence-electron chi connectivity index (χ0n) is 9.82. The van der Waals surface area contributed by atoms with Gasteiger partial charge in [-0.25, -0.2) is 0 Å². The third-order valence-corrected chi connectivity index (χ3v) is 2.73. The first kappa shape index (κ1) is 11.6. The van der Waals surface area contributed by atoms with Gasteiger partial charge in [-0.15, -0.1) is 0 Å². The largest absolute Gasteiger partial charge is 0.326 e. The Morgan fingerprint density at radius 1 is 1.47 bits per heavy atom. The summed E-state index contributed by atoms with van der Waals surface area (Å²) < 4.78 is 0. The normalized spacial score (nSPS) is 13.8. The number of nitrogens with one attached hydrogen (secondary N) is 1. The third kappa shape index (κ3) is 3.03. The Labute approximate surface area is 101 Å². The predicted molar refractivity (Wildman–Crippen MR) is 67.7 cm³/mol. The highest BCUT2D eigenvalue weighted by Crippen LogP contribution is 2.24. The van der Waals surface area contributed by atoms with Crippen molar-refractivity contribution in [3.8, 4) is 0 Å². The molecule has 0 saturated heterocycles. The summed E-state index contributed by atoms with van der Waals surface area (Å²) in [4.78, 5) is 21.9. The maximum absolute atomic E-state index is 11.2. The van der Waals surface area contributed by atoms with Crippen LogP contribution in [-0.2, 0) is 16.0 Å². The summed E-state index contributed by atoms with van der Waals surface area (Å²) in [5, 5.41) is 2.80. The van der Waals surface area contributed by atoms with E-state index in [0.29, 0.717) is 12.8 Å². The summed E-state index contributed by atoms with van der Waals surface area (Å²) in [5.41, 5.74) is 3.03. The molecule has 0 bridgehead atoms. The van der Waals surface area contributed by atoms with Gasteiger partial charge in [0.1, 0.15) is 5.78 Å². The molecule has 0 spiro atoms. The van der Waals surface area contributed by atoms with E-state index < -0.39 is 0 Å². The van der Waals surface area contributed by atoms with Crippen LogP contribution >= 0.6 is 0 Å². The second-order valence-corrected chi connectivity index (χ2v) is 4.28. The highest BCUT2D eigenvalue weighted by molar-refractivity contribution is 5.99. The Hall–Kier alpha value is -1.90. The van der Waals surface area contributed by atoms with E-state index in [2.05, 4.69) is 5.32 Å². The molecule has 0 aromatic heterocycles. The quantitative estimate of drug-likeness (QED) is 0.862. The van der Waals surface area contributed by atoms with Crippen molar-refractivity contribution in [2.75, 3.05) is 5.32 Å². The van der Waals surface area contributed by atoms with E-state index in [4.69, 9.17) is 0 Å². The van der Waals surface area contributed by atoms with Crippen LogP contribution in [0.5, 0.6) is 0 Å². The molecule has 1 amide bonds. The van der Waals surface area contributed by atoms with Crippen LogP contribution in [0.3, 0.4) is 0 Å². The molecule has 0 atom stereocenters. The van der Waals surface area contributed by atoms with E-state index in [0.717, 1.165) is 23.2 Å². The molecule has 17 heavy (non-hydrogen) atoms. The van der Waals surface area contributed by atoms with Crippen molar-refractivity contribution in [3.05, 3.63) is 35.4 Å². The number of Topliss-reactive ketones (excluding diaryl/α,β-unsaturated/α-hetero) is 1. The van der Waals surface area contributed by atoms with Crippen molar-refractivity contribution in [1.82, 2.24) is 0 Å². The fraction of sp³-hybridized carbons (Fsp3) is 0.286. The van der Waals surface area contributed by atoms with E-state index in [1.165, 1.54) is 0 Å². The summed E-state index contributed by atoms with van der Waals surface area (Å²) in [6.07, 6.45) is 5.80. The fourth-order valence-electron chi connectivity index (χ4n) is 1.86. The maximum atomic E-state index is 11.2. The lowest BCUT2D eigenvalue weighted by molar-refractivity contribution is -0.117. The van der Waals surface area contributed by atoms with Crippen LogP contribution in [-0.4, -0.2) is 11.7 Å². The van der Waals surface area contributed by atoms with E-state index in [-0.39, 0.29) is 11.7 Å². The molecule has 2 rings (SSSR count). The van der Waals surface area contributed by atoms with E-state index in [1.807, 2.05) is 30.4 Å². The topological polar surface area (TPSA) is 46.2 Å². The van der Waals surface area contributed by atoms with E-state index >= 15 is 0 Å². The number of benzene rings is 1. The van der Waals surface area contributed by atoms with E-state index in [9.17, 15) is 9.59 Å². The van der Waals surface area contributed by atoms with Crippen LogP contribution in [0.25, 0.3) is 6.08 Å². The number of carbonyl (C=O) groups excluding carboxylic acids is 2. The third-order valence-electron chi connectivity index (χ3n) is 2.73. The first-order valence-electron chi connectivity index (χ1n) is 5.74. The molecule has 1 heterocycles. The van der Waals surface area contributed by atoms with Crippen LogP contribution in [0.4, 0.5) is 5.69 Å². The summed E-state index contributed by atoms with van der Waals surface area (Å²) in [5.74, 6) is 0.260. The first-order valence-corrected chi connectivity index (χ1v) is 5.74. The lowest BCUT2D eigenvalue weighted by atomic mass is 10.1. The molecule has 0 radical (unpaired) electrons. The monoisotopic (exact) mass is 229 g/mol. The minimum atomic E-state index is 0.0534. The van der Waals surface area contributed by atoms with Crippen molar-refractivity contribution < 1.29 is 9.59 Å². The lowest BCUT2D eigenvalue weighted by Crippen LogP contribution is -2.03. The number of carbonyl (C=O) groups is 2. The molecule has 88 valence electrons. The van der Waals surface area contributed by atoms with Crippen molar-refractivity contribution in [1.29, 1.82) is 0 Å². The highest BCUT2D eigenvalue weighted by Gasteiger charge is 2.16. The van der Waals surface area contributed by atoms with Crippen LogP contribution < -0.4 is 5.32 Å². The van der Waals surface area contributed by atoms with Gasteiger partial charge < -0.3 is 10.1 Å². The van der Waals surface area contributed by atoms with Gasteiger partial charge in [0.25, 0.3) is 0 Å². The molecule has 1 aliphatic heterocycles. The number of anilines is 1. The highest BCUT2D eigenvalue weighted by atomic mass is 16.1. The molecular weight excluding hydrogens is 214 g/mol. The minimum absolute atomic E-state index is 0.0534. The van der Waals surface area contributed by atoms with Crippen LogP contribution in [0, 0.1) is 0 Å². The van der Waals surface area contributed by atoms with Crippen LogP contribution in [0.2, 0.25) is 0 Å². The van der Waals surface area contributed by atoms with Crippen LogP contribution in [0.1, 0.15) is 30.9 Å². The van der Waals surface area contributed by atoms with Crippen LogP contribution in [0.15, 0.2) is 24.3 Å². The Kier molecular flexibility index (Phi) is 3.38. The lowest BCUT2D eigenvalue weighted by Gasteiger charge is -1.99. The molecule has 3 heteroatoms. The molecule has 0 fully saturated rings. The summed E-state index contributed by atoms with van der Waals surface area (Å²) in [7, 11) is 0. The maximum Gasteiger partial charge on any atom is 0.228 e. The Morgan fingerprint density at radius 2 is 2.29 bits per heavy atom. The number of rotatable bonds is 4. The second-order valence-electron chi connectivity index (χ2n) is 4.28. The van der Waals surface area contributed by atoms with Crippen molar-refractivity contribution >= 4 is 23.5 Å². The van der Waals surface area contributed by atoms with E-state index in [1.54, 1.807) is 6.92 Å². The van der Waals surface area contributed by atoms with Gasteiger partial charge in [0, 0.05) is 12.1 Å². The average molecular weight is 229 g/mol. The Balaban J connectivity index is 2.01. The summed E-state index contributed by atoms with van der Waals surface area (Å²) in [6, 6.07) is 5.90.